The minimum atomic E-state index is -4.77. The van der Waals surface area contributed by atoms with Crippen LogP contribution < -0.4 is 10.6 Å². The molecule has 0 spiro atoms. The van der Waals surface area contributed by atoms with Crippen molar-refractivity contribution in [2.24, 2.45) is 0 Å². The number of carbonyl (C=O) groups is 2. The van der Waals surface area contributed by atoms with Crippen LogP contribution in [0.4, 0.5) is 24.5 Å². The zero-order chi connectivity index (χ0) is 20.5. The number of amides is 2. The smallest absolute Gasteiger partial charge is 0.418 e. The lowest BCUT2D eigenvalue weighted by molar-refractivity contribution is -0.136. The molecule has 0 fully saturated rings. The van der Waals surface area contributed by atoms with Crippen LogP contribution in [0.1, 0.15) is 37.9 Å². The first-order valence-electron chi connectivity index (χ1n) is 7.97. The van der Waals surface area contributed by atoms with Crippen molar-refractivity contribution in [1.82, 2.24) is 5.16 Å². The average Bonchev–Trinajstić information content (AvgIpc) is 3.25. The van der Waals surface area contributed by atoms with Crippen LogP contribution in [0, 0.1) is 13.8 Å². The molecular weight excluding hydrogens is 379 g/mol. The van der Waals surface area contributed by atoms with E-state index in [9.17, 15) is 22.8 Å². The first-order chi connectivity index (χ1) is 13.2. The van der Waals surface area contributed by atoms with E-state index >= 15 is 0 Å². The van der Waals surface area contributed by atoms with E-state index in [1.807, 2.05) is 0 Å². The summed E-state index contributed by atoms with van der Waals surface area (Å²) < 4.78 is 50.2. The Morgan fingerprint density at radius 2 is 1.82 bits per heavy atom. The van der Waals surface area contributed by atoms with Gasteiger partial charge in [0.15, 0.2) is 5.76 Å². The summed E-state index contributed by atoms with van der Waals surface area (Å²) in [4.78, 5) is 24.3. The van der Waals surface area contributed by atoms with Gasteiger partial charge in [0.05, 0.1) is 23.2 Å². The van der Waals surface area contributed by atoms with Gasteiger partial charge >= 0.3 is 6.18 Å². The molecule has 2 heterocycles. The fourth-order valence-corrected chi connectivity index (χ4v) is 2.56. The second kappa shape index (κ2) is 7.22. The van der Waals surface area contributed by atoms with Crippen molar-refractivity contribution in [2.45, 2.75) is 20.0 Å². The van der Waals surface area contributed by atoms with Gasteiger partial charge < -0.3 is 19.6 Å². The third kappa shape index (κ3) is 3.90. The average molecular weight is 393 g/mol. The van der Waals surface area contributed by atoms with Crippen LogP contribution in [0.5, 0.6) is 0 Å². The Morgan fingerprint density at radius 3 is 2.39 bits per heavy atom. The predicted octanol–water partition coefficient (Wildman–Crippen LogP) is 4.41. The van der Waals surface area contributed by atoms with E-state index in [1.165, 1.54) is 38.3 Å². The molecule has 0 aliphatic rings. The number of nitrogens with one attached hydrogen (secondary N) is 2. The van der Waals surface area contributed by atoms with E-state index in [0.717, 1.165) is 12.1 Å². The van der Waals surface area contributed by atoms with Gasteiger partial charge in [-0.2, -0.15) is 13.2 Å². The van der Waals surface area contributed by atoms with E-state index in [1.54, 1.807) is 0 Å². The summed E-state index contributed by atoms with van der Waals surface area (Å²) in [6, 6.07) is 5.86. The lowest BCUT2D eigenvalue weighted by Crippen LogP contribution is -2.18. The molecule has 1 aromatic carbocycles. The van der Waals surface area contributed by atoms with Gasteiger partial charge in [-0.05, 0) is 44.2 Å². The summed E-state index contributed by atoms with van der Waals surface area (Å²) in [5.41, 5.74) is -1.38. The second-order valence-corrected chi connectivity index (χ2v) is 5.84. The minimum Gasteiger partial charge on any atom is -0.459 e. The van der Waals surface area contributed by atoms with Gasteiger partial charge in [0.2, 0.25) is 0 Å². The molecule has 2 N–H and O–H groups in total. The largest absolute Gasteiger partial charge is 0.459 e. The first-order valence-corrected chi connectivity index (χ1v) is 7.97. The SMILES string of the molecule is Cc1noc(C)c1C(=O)Nc1ccc(NC(=O)c2ccco2)cc1C(F)(F)F. The van der Waals surface area contributed by atoms with Crippen LogP contribution in [-0.4, -0.2) is 17.0 Å². The maximum absolute atomic E-state index is 13.5. The molecule has 0 atom stereocenters. The first kappa shape index (κ1) is 19.2. The highest BCUT2D eigenvalue weighted by Crippen LogP contribution is 2.37. The van der Waals surface area contributed by atoms with E-state index < -0.39 is 29.2 Å². The van der Waals surface area contributed by atoms with E-state index in [2.05, 4.69) is 15.8 Å². The molecule has 3 aromatic rings. The van der Waals surface area contributed by atoms with Crippen molar-refractivity contribution in [1.29, 1.82) is 0 Å². The van der Waals surface area contributed by atoms with Gasteiger partial charge in [-0.3, -0.25) is 9.59 Å². The number of aromatic nitrogens is 1. The quantitative estimate of drug-likeness (QED) is 0.684. The van der Waals surface area contributed by atoms with Crippen LogP contribution in [0.15, 0.2) is 45.5 Å². The highest BCUT2D eigenvalue weighted by molar-refractivity contribution is 6.06. The van der Waals surface area contributed by atoms with Gasteiger partial charge in [-0.1, -0.05) is 5.16 Å². The molecule has 10 heteroatoms. The number of alkyl halides is 3. The standard InChI is InChI=1S/C18H14F3N3O4/c1-9-15(10(2)28-24-9)17(26)23-13-6-5-11(8-12(13)18(19,20)21)22-16(25)14-4-3-7-27-14/h3-8H,1-2H3,(H,22,25)(H,23,26). The number of benzene rings is 1. The molecule has 2 aromatic heterocycles. The topological polar surface area (TPSA) is 97.4 Å². The fraction of sp³-hybridized carbons (Fsp3) is 0.167. The molecule has 0 bridgehead atoms. The monoisotopic (exact) mass is 393 g/mol. The third-order valence-electron chi connectivity index (χ3n) is 3.84. The van der Waals surface area contributed by atoms with E-state index in [4.69, 9.17) is 8.94 Å². The molecule has 7 nitrogen and oxygen atoms in total. The van der Waals surface area contributed by atoms with Crippen LogP contribution in [0.2, 0.25) is 0 Å². The molecule has 0 unspecified atom stereocenters. The lowest BCUT2D eigenvalue weighted by Gasteiger charge is -2.15. The van der Waals surface area contributed by atoms with Crippen molar-refractivity contribution in [2.75, 3.05) is 10.6 Å². The highest BCUT2D eigenvalue weighted by Gasteiger charge is 2.35. The van der Waals surface area contributed by atoms with Crippen LogP contribution in [0.25, 0.3) is 0 Å². The summed E-state index contributed by atoms with van der Waals surface area (Å²) in [6.07, 6.45) is -3.50. The number of hydrogen-bond donors (Lipinski definition) is 2. The number of aryl methyl sites for hydroxylation is 2. The van der Waals surface area contributed by atoms with Gasteiger partial charge in [-0.25, -0.2) is 0 Å². The number of hydrogen-bond acceptors (Lipinski definition) is 5. The molecule has 0 radical (unpaired) electrons. The van der Waals surface area contributed by atoms with Gasteiger partial charge in [-0.15, -0.1) is 0 Å². The van der Waals surface area contributed by atoms with Crippen LogP contribution in [-0.2, 0) is 6.18 Å². The summed E-state index contributed by atoms with van der Waals surface area (Å²) in [6.45, 7) is 2.98. The lowest BCUT2D eigenvalue weighted by atomic mass is 10.1. The molecule has 146 valence electrons. The summed E-state index contributed by atoms with van der Waals surface area (Å²) in [7, 11) is 0. The Balaban J connectivity index is 1.89. The van der Waals surface area contributed by atoms with Gasteiger partial charge in [0.25, 0.3) is 11.8 Å². The molecule has 2 amide bonds. The summed E-state index contributed by atoms with van der Waals surface area (Å²) in [5, 5.41) is 8.14. The Kier molecular flexibility index (Phi) is 4.95. The molecule has 0 saturated heterocycles. The normalized spacial score (nSPS) is 11.3. The number of furan rings is 1. The zero-order valence-electron chi connectivity index (χ0n) is 14.7. The van der Waals surface area contributed by atoms with Crippen LogP contribution >= 0.6 is 0 Å². The van der Waals surface area contributed by atoms with Crippen LogP contribution in [0.3, 0.4) is 0 Å². The molecular formula is C18H14F3N3O4. The Bertz CT molecular complexity index is 1000. The zero-order valence-corrected chi connectivity index (χ0v) is 14.7. The number of anilines is 2. The number of carbonyl (C=O) groups excluding carboxylic acids is 2. The Hall–Kier alpha value is -3.56. The number of nitrogens with zero attached hydrogens (tertiary/aromatic N) is 1. The van der Waals surface area contributed by atoms with Crippen molar-refractivity contribution in [3.8, 4) is 0 Å². The summed E-state index contributed by atoms with van der Waals surface area (Å²) >= 11 is 0. The Labute approximate surface area is 156 Å². The fourth-order valence-electron chi connectivity index (χ4n) is 2.56. The van der Waals surface area contributed by atoms with Gasteiger partial charge in [0, 0.05) is 5.69 Å². The maximum Gasteiger partial charge on any atom is 0.418 e. The van der Waals surface area contributed by atoms with Crippen molar-refractivity contribution in [3.63, 3.8) is 0 Å². The van der Waals surface area contributed by atoms with E-state index in [-0.39, 0.29) is 28.5 Å². The van der Waals surface area contributed by atoms with Crippen molar-refractivity contribution < 1.29 is 31.7 Å². The highest BCUT2D eigenvalue weighted by atomic mass is 19.4. The predicted molar refractivity (Wildman–Crippen MR) is 92.0 cm³/mol. The second-order valence-electron chi connectivity index (χ2n) is 5.84. The van der Waals surface area contributed by atoms with Crippen molar-refractivity contribution >= 4 is 23.2 Å². The van der Waals surface area contributed by atoms with Crippen molar-refractivity contribution in [3.05, 3.63) is 64.9 Å². The third-order valence-corrected chi connectivity index (χ3v) is 3.84. The molecule has 0 saturated carbocycles. The molecule has 28 heavy (non-hydrogen) atoms. The Morgan fingerprint density at radius 1 is 1.07 bits per heavy atom. The minimum absolute atomic E-state index is 0.0515. The van der Waals surface area contributed by atoms with Gasteiger partial charge in [0.1, 0.15) is 11.3 Å². The molecule has 0 aliphatic heterocycles. The molecule has 0 aliphatic carbocycles. The number of halogens is 3. The summed E-state index contributed by atoms with van der Waals surface area (Å²) in [5.74, 6) is -1.35. The number of rotatable bonds is 4. The van der Waals surface area contributed by atoms with E-state index in [0.29, 0.717) is 0 Å². The molecule has 3 rings (SSSR count). The maximum atomic E-state index is 13.5.